The summed E-state index contributed by atoms with van der Waals surface area (Å²) in [7, 11) is 1.63. The molecule has 0 aliphatic carbocycles. The van der Waals surface area contributed by atoms with E-state index in [9.17, 15) is 9.59 Å². The van der Waals surface area contributed by atoms with Crippen LogP contribution < -0.4 is 0 Å². The lowest BCUT2D eigenvalue weighted by Crippen LogP contribution is -2.37. The van der Waals surface area contributed by atoms with Crippen LogP contribution in [0.1, 0.15) is 39.0 Å². The highest BCUT2D eigenvalue weighted by Gasteiger charge is 2.31. The van der Waals surface area contributed by atoms with Gasteiger partial charge in [0, 0.05) is 54.7 Å². The fraction of sp³-hybridized carbons (Fsp3) is 0.296. The first-order chi connectivity index (χ1) is 17.6. The van der Waals surface area contributed by atoms with Crippen LogP contribution in [-0.4, -0.2) is 63.4 Å². The van der Waals surface area contributed by atoms with E-state index in [2.05, 4.69) is 10.1 Å². The molecule has 0 bridgehead atoms. The summed E-state index contributed by atoms with van der Waals surface area (Å²) in [6, 6.07) is 13.2. The maximum Gasteiger partial charge on any atom is 0.359 e. The van der Waals surface area contributed by atoms with Crippen LogP contribution >= 0.6 is 0 Å². The lowest BCUT2D eigenvalue weighted by Gasteiger charge is -2.28. The van der Waals surface area contributed by atoms with Crippen molar-refractivity contribution in [3.63, 3.8) is 0 Å². The minimum atomic E-state index is -0.479. The molecule has 1 aliphatic rings. The Morgan fingerprint density at radius 3 is 2.78 bits per heavy atom. The normalized spacial score (nSPS) is 13.0. The number of methoxy groups -OCH3 is 1. The Labute approximate surface area is 208 Å². The van der Waals surface area contributed by atoms with Crippen LogP contribution in [0.5, 0.6) is 0 Å². The van der Waals surface area contributed by atoms with E-state index >= 15 is 0 Å². The topological polar surface area (TPSA) is 99.4 Å². The molecule has 0 radical (unpaired) electrons. The highest BCUT2D eigenvalue weighted by molar-refractivity contribution is 6.07. The monoisotopic (exact) mass is 485 g/mol. The molecule has 4 heterocycles. The Morgan fingerprint density at radius 2 is 2.00 bits per heavy atom. The first-order valence-corrected chi connectivity index (χ1v) is 11.9. The van der Waals surface area contributed by atoms with Crippen LogP contribution in [0.25, 0.3) is 22.2 Å². The third-order valence-corrected chi connectivity index (χ3v) is 6.30. The van der Waals surface area contributed by atoms with E-state index in [1.807, 2.05) is 42.5 Å². The van der Waals surface area contributed by atoms with Crippen molar-refractivity contribution in [2.24, 2.45) is 0 Å². The van der Waals surface area contributed by atoms with E-state index in [1.54, 1.807) is 36.0 Å². The third-order valence-electron chi connectivity index (χ3n) is 6.30. The highest BCUT2D eigenvalue weighted by Crippen LogP contribution is 2.29. The zero-order valence-corrected chi connectivity index (χ0v) is 20.3. The quantitative estimate of drug-likeness (QED) is 0.369. The Hall–Kier alpha value is -4.11. The van der Waals surface area contributed by atoms with Gasteiger partial charge in [-0.1, -0.05) is 18.2 Å². The second-order valence-electron chi connectivity index (χ2n) is 8.50. The SMILES string of the molecule is CCOC(=O)c1nn(CCOC)c2c1CN(C(=O)c1cc(-c3cccnc3)nc3ccccc13)CC2. The van der Waals surface area contributed by atoms with Gasteiger partial charge in [-0.15, -0.1) is 0 Å². The zero-order valence-electron chi connectivity index (χ0n) is 20.3. The predicted molar refractivity (Wildman–Crippen MR) is 133 cm³/mol. The number of carbonyl (C=O) groups is 2. The molecule has 9 nitrogen and oxygen atoms in total. The Balaban J connectivity index is 1.53. The lowest BCUT2D eigenvalue weighted by molar-refractivity contribution is 0.0512. The van der Waals surface area contributed by atoms with Crippen LogP contribution in [0.4, 0.5) is 0 Å². The molecule has 0 atom stereocenters. The molecule has 5 rings (SSSR count). The molecule has 0 spiro atoms. The summed E-state index contributed by atoms with van der Waals surface area (Å²) < 4.78 is 12.3. The van der Waals surface area contributed by atoms with E-state index < -0.39 is 5.97 Å². The summed E-state index contributed by atoms with van der Waals surface area (Å²) in [5, 5.41) is 5.31. The summed E-state index contributed by atoms with van der Waals surface area (Å²) in [6.07, 6.45) is 4.02. The molecule has 0 N–H and O–H groups in total. The predicted octanol–water partition coefficient (Wildman–Crippen LogP) is 3.51. The number of carbonyl (C=O) groups excluding carboxylic acids is 2. The number of benzene rings is 1. The van der Waals surface area contributed by atoms with Crippen molar-refractivity contribution in [1.29, 1.82) is 0 Å². The second kappa shape index (κ2) is 10.2. The Morgan fingerprint density at radius 1 is 1.14 bits per heavy atom. The molecule has 0 saturated carbocycles. The highest BCUT2D eigenvalue weighted by atomic mass is 16.5. The standard InChI is InChI=1S/C27H27N5O4/c1-3-36-27(34)25-21-17-31(12-10-24(21)32(30-25)13-14-35-2)26(33)20-15-23(18-7-6-11-28-16-18)29-22-9-5-4-8-19(20)22/h4-9,11,15-16H,3,10,12-14,17H2,1-2H3. The van der Waals surface area contributed by atoms with Crippen molar-refractivity contribution < 1.29 is 19.1 Å². The van der Waals surface area contributed by atoms with Gasteiger partial charge in [0.1, 0.15) is 0 Å². The molecule has 36 heavy (non-hydrogen) atoms. The summed E-state index contributed by atoms with van der Waals surface area (Å²) in [6.45, 7) is 3.78. The number of ether oxygens (including phenoxy) is 2. The first kappa shape index (κ1) is 23.6. The van der Waals surface area contributed by atoms with Gasteiger partial charge >= 0.3 is 5.97 Å². The Kier molecular flexibility index (Phi) is 6.73. The van der Waals surface area contributed by atoms with Crippen molar-refractivity contribution in [3.05, 3.63) is 77.4 Å². The third kappa shape index (κ3) is 4.45. The maximum absolute atomic E-state index is 13.9. The van der Waals surface area contributed by atoms with E-state index in [1.165, 1.54) is 0 Å². The minimum Gasteiger partial charge on any atom is -0.461 e. The van der Waals surface area contributed by atoms with Gasteiger partial charge in [-0.3, -0.25) is 14.5 Å². The average molecular weight is 486 g/mol. The number of aromatic nitrogens is 4. The molecule has 184 valence electrons. The van der Waals surface area contributed by atoms with Gasteiger partial charge in [-0.2, -0.15) is 5.10 Å². The lowest BCUT2D eigenvalue weighted by atomic mass is 10.0. The number of pyridine rings is 2. The fourth-order valence-electron chi connectivity index (χ4n) is 4.58. The van der Waals surface area contributed by atoms with E-state index in [4.69, 9.17) is 14.5 Å². The molecule has 0 saturated heterocycles. The molecule has 1 aromatic carbocycles. The van der Waals surface area contributed by atoms with Crippen LogP contribution in [-0.2, 0) is 29.0 Å². The van der Waals surface area contributed by atoms with Gasteiger partial charge in [0.15, 0.2) is 5.69 Å². The smallest absolute Gasteiger partial charge is 0.359 e. The largest absolute Gasteiger partial charge is 0.461 e. The molecule has 0 unspecified atom stereocenters. The van der Waals surface area contributed by atoms with Crippen molar-refractivity contribution in [3.8, 4) is 11.3 Å². The van der Waals surface area contributed by atoms with Crippen LogP contribution in [0.3, 0.4) is 0 Å². The van der Waals surface area contributed by atoms with E-state index in [0.29, 0.717) is 37.4 Å². The summed E-state index contributed by atoms with van der Waals surface area (Å²) >= 11 is 0. The Bertz CT molecular complexity index is 1420. The van der Waals surface area contributed by atoms with E-state index in [0.717, 1.165) is 27.7 Å². The molecular formula is C27H27N5O4. The summed E-state index contributed by atoms with van der Waals surface area (Å²) in [4.78, 5) is 37.3. The molecule has 4 aromatic rings. The average Bonchev–Trinajstić information content (AvgIpc) is 3.29. The molecule has 9 heteroatoms. The number of para-hydroxylation sites is 1. The molecule has 0 fully saturated rings. The van der Waals surface area contributed by atoms with Gasteiger partial charge < -0.3 is 14.4 Å². The number of fused-ring (bicyclic) bond motifs is 2. The minimum absolute atomic E-state index is 0.121. The van der Waals surface area contributed by atoms with Crippen LogP contribution in [0.2, 0.25) is 0 Å². The van der Waals surface area contributed by atoms with Crippen molar-refractivity contribution in [2.75, 3.05) is 26.9 Å². The van der Waals surface area contributed by atoms with Crippen molar-refractivity contribution in [2.45, 2.75) is 26.4 Å². The van der Waals surface area contributed by atoms with E-state index in [-0.39, 0.29) is 24.8 Å². The number of esters is 1. The van der Waals surface area contributed by atoms with Crippen molar-refractivity contribution in [1.82, 2.24) is 24.6 Å². The number of nitrogens with zero attached hydrogens (tertiary/aromatic N) is 5. The van der Waals surface area contributed by atoms with Crippen LogP contribution in [0, 0.1) is 0 Å². The molecule has 1 aliphatic heterocycles. The first-order valence-electron chi connectivity index (χ1n) is 11.9. The summed E-state index contributed by atoms with van der Waals surface area (Å²) in [5.74, 6) is -0.601. The number of rotatable bonds is 7. The number of amides is 1. The van der Waals surface area contributed by atoms with Gasteiger partial charge in [0.2, 0.25) is 0 Å². The molecule has 1 amide bonds. The van der Waals surface area contributed by atoms with Gasteiger partial charge in [0.25, 0.3) is 5.91 Å². The maximum atomic E-state index is 13.9. The van der Waals surface area contributed by atoms with Gasteiger partial charge in [0.05, 0.1) is 43.1 Å². The zero-order chi connectivity index (χ0) is 25.1. The van der Waals surface area contributed by atoms with Crippen molar-refractivity contribution >= 4 is 22.8 Å². The van der Waals surface area contributed by atoms with Crippen LogP contribution in [0.15, 0.2) is 54.9 Å². The molecular weight excluding hydrogens is 458 g/mol. The van der Waals surface area contributed by atoms with Gasteiger partial charge in [-0.25, -0.2) is 9.78 Å². The second-order valence-corrected chi connectivity index (χ2v) is 8.50. The van der Waals surface area contributed by atoms with Gasteiger partial charge in [-0.05, 0) is 31.2 Å². The fourth-order valence-corrected chi connectivity index (χ4v) is 4.58. The molecule has 3 aromatic heterocycles. The summed E-state index contributed by atoms with van der Waals surface area (Å²) in [5.41, 5.74) is 4.75. The number of hydrogen-bond acceptors (Lipinski definition) is 7. The number of hydrogen-bond donors (Lipinski definition) is 0.